The van der Waals surface area contributed by atoms with Crippen molar-refractivity contribution in [3.05, 3.63) is 53.8 Å². The van der Waals surface area contributed by atoms with Crippen LogP contribution in [0, 0.1) is 5.82 Å². The standard InChI is InChI=1S/C21H20FN5O4/c1-12(28)23-9-16-11-27(21(30)31-16)15-6-7-17(18(22)8-15)13-2-4-14(5-3-13)20-24-10-19(29)25-26-20/h2-8,16H,9-11H2,1H3,(H,23,28)(H,24,26)(H,25,29)/t16-/m0/s1. The molecule has 10 heteroatoms. The number of carbonyl (C=O) groups is 3. The van der Waals surface area contributed by atoms with Gasteiger partial charge in [-0.05, 0) is 23.8 Å². The summed E-state index contributed by atoms with van der Waals surface area (Å²) in [5, 5.41) is 2.60. The van der Waals surface area contributed by atoms with Crippen LogP contribution < -0.4 is 21.1 Å². The number of anilines is 1. The van der Waals surface area contributed by atoms with E-state index in [1.54, 1.807) is 36.4 Å². The molecule has 0 saturated carbocycles. The fourth-order valence-electron chi connectivity index (χ4n) is 3.33. The smallest absolute Gasteiger partial charge is 0.414 e. The predicted molar refractivity (Wildman–Crippen MR) is 111 cm³/mol. The van der Waals surface area contributed by atoms with Crippen LogP contribution in [0.3, 0.4) is 0 Å². The number of ether oxygens (including phenoxy) is 1. The number of benzene rings is 2. The summed E-state index contributed by atoms with van der Waals surface area (Å²) in [6.45, 7) is 1.85. The summed E-state index contributed by atoms with van der Waals surface area (Å²) in [5.41, 5.74) is 7.38. The third-order valence-corrected chi connectivity index (χ3v) is 4.89. The molecule has 31 heavy (non-hydrogen) atoms. The van der Waals surface area contributed by atoms with Crippen LogP contribution in [0.1, 0.15) is 12.5 Å². The summed E-state index contributed by atoms with van der Waals surface area (Å²) in [5.74, 6) is -0.384. The molecular formula is C21H20FN5O4. The van der Waals surface area contributed by atoms with Gasteiger partial charge in [0.15, 0.2) is 0 Å². The van der Waals surface area contributed by atoms with Gasteiger partial charge in [0.1, 0.15) is 24.3 Å². The lowest BCUT2D eigenvalue weighted by Crippen LogP contribution is -2.47. The van der Waals surface area contributed by atoms with Crippen molar-refractivity contribution in [1.82, 2.24) is 16.2 Å². The van der Waals surface area contributed by atoms with E-state index in [9.17, 15) is 18.8 Å². The summed E-state index contributed by atoms with van der Waals surface area (Å²) < 4.78 is 20.1. The van der Waals surface area contributed by atoms with E-state index in [0.29, 0.717) is 22.6 Å². The molecule has 1 atom stereocenters. The first-order valence-electron chi connectivity index (χ1n) is 9.63. The highest BCUT2D eigenvalue weighted by atomic mass is 19.1. The van der Waals surface area contributed by atoms with Gasteiger partial charge >= 0.3 is 6.09 Å². The van der Waals surface area contributed by atoms with Crippen LogP contribution in [0.4, 0.5) is 14.9 Å². The van der Waals surface area contributed by atoms with Crippen molar-refractivity contribution in [2.75, 3.05) is 24.5 Å². The summed E-state index contributed by atoms with van der Waals surface area (Å²) >= 11 is 0. The second kappa shape index (κ2) is 8.42. The lowest BCUT2D eigenvalue weighted by molar-refractivity contribution is -0.121. The Balaban J connectivity index is 1.48. The molecule has 2 aliphatic rings. The first-order chi connectivity index (χ1) is 14.9. The molecule has 2 aromatic carbocycles. The van der Waals surface area contributed by atoms with E-state index in [1.165, 1.54) is 17.9 Å². The average Bonchev–Trinajstić information content (AvgIpc) is 3.13. The first kappa shape index (κ1) is 20.3. The molecule has 1 fully saturated rings. The average molecular weight is 425 g/mol. The van der Waals surface area contributed by atoms with Crippen LogP contribution in [-0.2, 0) is 14.3 Å². The summed E-state index contributed by atoms with van der Waals surface area (Å²) in [4.78, 5) is 39.8. The second-order valence-electron chi connectivity index (χ2n) is 7.13. The summed E-state index contributed by atoms with van der Waals surface area (Å²) in [6, 6.07) is 11.6. The van der Waals surface area contributed by atoms with Crippen LogP contribution in [-0.4, -0.2) is 49.5 Å². The Morgan fingerprint density at radius 1 is 1.19 bits per heavy atom. The van der Waals surface area contributed by atoms with Gasteiger partial charge in [-0.2, -0.15) is 0 Å². The van der Waals surface area contributed by atoms with Gasteiger partial charge in [-0.3, -0.25) is 30.3 Å². The zero-order valence-corrected chi connectivity index (χ0v) is 16.6. The zero-order chi connectivity index (χ0) is 22.0. The normalized spacial score (nSPS) is 18.1. The number of cyclic esters (lactones) is 1. The minimum absolute atomic E-state index is 0.0464. The Kier molecular flexibility index (Phi) is 5.52. The molecular weight excluding hydrogens is 405 g/mol. The van der Waals surface area contributed by atoms with Gasteiger partial charge in [0, 0.05) is 18.1 Å². The molecule has 1 saturated heterocycles. The number of halogens is 1. The minimum Gasteiger partial charge on any atom is -0.442 e. The molecule has 2 aromatic rings. The topological polar surface area (TPSA) is 112 Å². The molecule has 0 unspecified atom stereocenters. The monoisotopic (exact) mass is 425 g/mol. The van der Waals surface area contributed by atoms with Crippen molar-refractivity contribution in [2.45, 2.75) is 13.0 Å². The van der Waals surface area contributed by atoms with Crippen LogP contribution >= 0.6 is 0 Å². The van der Waals surface area contributed by atoms with E-state index in [1.807, 2.05) is 0 Å². The van der Waals surface area contributed by atoms with Gasteiger partial charge in [0.2, 0.25) is 5.91 Å². The molecule has 160 valence electrons. The maximum absolute atomic E-state index is 14.8. The summed E-state index contributed by atoms with van der Waals surface area (Å²) in [6.07, 6.45) is -1.08. The van der Waals surface area contributed by atoms with Gasteiger partial charge in [0.25, 0.3) is 5.91 Å². The maximum Gasteiger partial charge on any atom is 0.414 e. The molecule has 9 nitrogen and oxygen atoms in total. The number of hydrogen-bond donors (Lipinski definition) is 3. The van der Waals surface area contributed by atoms with Crippen LogP contribution in [0.15, 0.2) is 47.5 Å². The van der Waals surface area contributed by atoms with Crippen molar-refractivity contribution in [3.8, 4) is 11.1 Å². The lowest BCUT2D eigenvalue weighted by atomic mass is 10.0. The van der Waals surface area contributed by atoms with Gasteiger partial charge in [0.05, 0.1) is 18.8 Å². The molecule has 0 spiro atoms. The zero-order valence-electron chi connectivity index (χ0n) is 16.6. The molecule has 2 heterocycles. The number of aliphatic imine (C=N–C) groups is 1. The minimum atomic E-state index is -0.584. The van der Waals surface area contributed by atoms with Gasteiger partial charge in [-0.15, -0.1) is 0 Å². The number of rotatable bonds is 5. The Morgan fingerprint density at radius 2 is 1.94 bits per heavy atom. The fourth-order valence-corrected chi connectivity index (χ4v) is 3.33. The van der Waals surface area contributed by atoms with Crippen molar-refractivity contribution >= 4 is 29.4 Å². The van der Waals surface area contributed by atoms with Gasteiger partial charge < -0.3 is 10.1 Å². The second-order valence-corrected chi connectivity index (χ2v) is 7.13. The molecule has 0 aromatic heterocycles. The number of nitrogens with one attached hydrogen (secondary N) is 3. The molecule has 2 aliphatic heterocycles. The Hall–Kier alpha value is -3.95. The van der Waals surface area contributed by atoms with E-state index in [4.69, 9.17) is 4.74 Å². The molecule has 0 bridgehead atoms. The number of amides is 3. The predicted octanol–water partition coefficient (Wildman–Crippen LogP) is 1.33. The van der Waals surface area contributed by atoms with E-state index >= 15 is 0 Å². The van der Waals surface area contributed by atoms with Crippen molar-refractivity contribution in [2.24, 2.45) is 4.99 Å². The number of hydrazine groups is 1. The largest absolute Gasteiger partial charge is 0.442 e. The van der Waals surface area contributed by atoms with Crippen LogP contribution in [0.5, 0.6) is 0 Å². The van der Waals surface area contributed by atoms with Crippen LogP contribution in [0.2, 0.25) is 0 Å². The van der Waals surface area contributed by atoms with Crippen molar-refractivity contribution in [3.63, 3.8) is 0 Å². The highest BCUT2D eigenvalue weighted by Crippen LogP contribution is 2.29. The molecule has 4 rings (SSSR count). The van der Waals surface area contributed by atoms with Crippen molar-refractivity contribution < 1.29 is 23.5 Å². The van der Waals surface area contributed by atoms with E-state index < -0.39 is 18.0 Å². The maximum atomic E-state index is 14.8. The molecule has 0 aliphatic carbocycles. The highest BCUT2D eigenvalue weighted by Gasteiger charge is 2.32. The number of hydrogen-bond acceptors (Lipinski definition) is 6. The number of amidine groups is 1. The highest BCUT2D eigenvalue weighted by molar-refractivity contribution is 6.02. The lowest BCUT2D eigenvalue weighted by Gasteiger charge is -2.16. The quantitative estimate of drug-likeness (QED) is 0.669. The SMILES string of the molecule is CC(=O)NC[C@H]1CN(c2ccc(-c3ccc(C4=NCC(=O)NN4)cc3)c(F)c2)C(=O)O1. The van der Waals surface area contributed by atoms with Gasteiger partial charge in [-0.1, -0.05) is 24.3 Å². The molecule has 0 radical (unpaired) electrons. The molecule has 3 N–H and O–H groups in total. The Morgan fingerprint density at radius 3 is 2.58 bits per heavy atom. The van der Waals surface area contributed by atoms with E-state index in [2.05, 4.69) is 21.2 Å². The van der Waals surface area contributed by atoms with E-state index in [0.717, 1.165) is 5.56 Å². The van der Waals surface area contributed by atoms with Gasteiger partial charge in [-0.25, -0.2) is 9.18 Å². The third kappa shape index (κ3) is 4.47. The first-order valence-corrected chi connectivity index (χ1v) is 9.63. The van der Waals surface area contributed by atoms with E-state index in [-0.39, 0.29) is 31.4 Å². The summed E-state index contributed by atoms with van der Waals surface area (Å²) in [7, 11) is 0. The fraction of sp³-hybridized carbons (Fsp3) is 0.238. The number of nitrogens with zero attached hydrogens (tertiary/aromatic N) is 2. The van der Waals surface area contributed by atoms with Crippen LogP contribution in [0.25, 0.3) is 11.1 Å². The number of carbonyl (C=O) groups excluding carboxylic acids is 3. The third-order valence-electron chi connectivity index (χ3n) is 4.89. The Labute approximate surface area is 177 Å². The molecule has 3 amide bonds. The Bertz CT molecular complexity index is 1070. The van der Waals surface area contributed by atoms with Crippen molar-refractivity contribution in [1.29, 1.82) is 0 Å².